The van der Waals surface area contributed by atoms with E-state index in [1.807, 2.05) is 18.2 Å². The minimum atomic E-state index is -2.87. The third-order valence-corrected chi connectivity index (χ3v) is 4.44. The van der Waals surface area contributed by atoms with Crippen LogP contribution in [-0.4, -0.2) is 54.4 Å². The van der Waals surface area contributed by atoms with Gasteiger partial charge in [0.1, 0.15) is 5.75 Å². The lowest BCUT2D eigenvalue weighted by atomic mass is 10.1. The van der Waals surface area contributed by atoms with Crippen LogP contribution in [0.5, 0.6) is 5.75 Å². The van der Waals surface area contributed by atoms with E-state index in [1.54, 1.807) is 34.1 Å². The molecule has 2 amide bonds. The van der Waals surface area contributed by atoms with Crippen LogP contribution in [-0.2, 0) is 11.2 Å². The molecule has 1 saturated heterocycles. The van der Waals surface area contributed by atoms with Gasteiger partial charge in [-0.25, -0.2) is 0 Å². The van der Waals surface area contributed by atoms with E-state index in [1.165, 1.54) is 12.1 Å². The van der Waals surface area contributed by atoms with E-state index >= 15 is 0 Å². The van der Waals surface area contributed by atoms with Crippen molar-refractivity contribution >= 4 is 11.8 Å². The molecule has 1 heterocycles. The number of benzene rings is 2. The molecule has 0 unspecified atom stereocenters. The van der Waals surface area contributed by atoms with Gasteiger partial charge in [0.25, 0.3) is 5.91 Å². The second-order valence-corrected chi connectivity index (χ2v) is 6.24. The Morgan fingerprint density at radius 1 is 0.889 bits per heavy atom. The van der Waals surface area contributed by atoms with Gasteiger partial charge in [-0.3, -0.25) is 9.59 Å². The van der Waals surface area contributed by atoms with Gasteiger partial charge in [-0.05, 0) is 29.8 Å². The van der Waals surface area contributed by atoms with Gasteiger partial charge in [0, 0.05) is 31.7 Å². The quantitative estimate of drug-likeness (QED) is 0.809. The molecule has 0 N–H and O–H groups in total. The molecule has 1 aliphatic heterocycles. The molecule has 0 spiro atoms. The first-order valence-electron chi connectivity index (χ1n) is 8.69. The molecule has 0 saturated carbocycles. The number of ether oxygens (including phenoxy) is 1. The molecule has 0 bridgehead atoms. The Morgan fingerprint density at radius 2 is 1.48 bits per heavy atom. The lowest BCUT2D eigenvalue weighted by Crippen LogP contribution is -2.51. The van der Waals surface area contributed by atoms with Gasteiger partial charge < -0.3 is 14.5 Å². The van der Waals surface area contributed by atoms with Gasteiger partial charge >= 0.3 is 6.61 Å². The van der Waals surface area contributed by atoms with E-state index in [0.29, 0.717) is 31.7 Å². The summed E-state index contributed by atoms with van der Waals surface area (Å²) in [5.41, 5.74) is 1.37. The smallest absolute Gasteiger partial charge is 0.387 e. The van der Waals surface area contributed by atoms with Crippen molar-refractivity contribution in [3.05, 3.63) is 65.7 Å². The number of hydrogen-bond acceptors (Lipinski definition) is 3. The summed E-state index contributed by atoms with van der Waals surface area (Å²) in [5.74, 6) is -0.0177. The number of hydrogen-bond donors (Lipinski definition) is 0. The molecule has 0 aliphatic carbocycles. The van der Waals surface area contributed by atoms with Crippen molar-refractivity contribution in [3.63, 3.8) is 0 Å². The van der Waals surface area contributed by atoms with Crippen LogP contribution in [0.2, 0.25) is 0 Å². The summed E-state index contributed by atoms with van der Waals surface area (Å²) >= 11 is 0. The third kappa shape index (κ3) is 5.03. The van der Waals surface area contributed by atoms with E-state index in [2.05, 4.69) is 4.74 Å². The van der Waals surface area contributed by atoms with Crippen molar-refractivity contribution in [1.29, 1.82) is 0 Å². The fourth-order valence-corrected chi connectivity index (χ4v) is 3.00. The fourth-order valence-electron chi connectivity index (χ4n) is 3.00. The fraction of sp³-hybridized carbons (Fsp3) is 0.300. The van der Waals surface area contributed by atoms with Gasteiger partial charge in [0.2, 0.25) is 5.91 Å². The zero-order valence-electron chi connectivity index (χ0n) is 14.7. The maximum atomic E-state index is 12.4. The van der Waals surface area contributed by atoms with E-state index in [9.17, 15) is 18.4 Å². The minimum Gasteiger partial charge on any atom is -0.435 e. The molecule has 2 aromatic rings. The first-order valence-corrected chi connectivity index (χ1v) is 8.69. The van der Waals surface area contributed by atoms with Gasteiger partial charge in [0.05, 0.1) is 6.42 Å². The molecule has 1 aliphatic rings. The predicted molar refractivity (Wildman–Crippen MR) is 95.7 cm³/mol. The summed E-state index contributed by atoms with van der Waals surface area (Å²) in [6.45, 7) is -0.942. The zero-order chi connectivity index (χ0) is 19.2. The molecule has 0 atom stereocenters. The number of rotatable bonds is 5. The zero-order valence-corrected chi connectivity index (χ0v) is 14.7. The number of carbonyl (C=O) groups is 2. The van der Waals surface area contributed by atoms with Crippen molar-refractivity contribution in [3.8, 4) is 5.75 Å². The first-order chi connectivity index (χ1) is 13.0. The Bertz CT molecular complexity index is 774. The van der Waals surface area contributed by atoms with Crippen molar-refractivity contribution in [1.82, 2.24) is 9.80 Å². The van der Waals surface area contributed by atoms with Crippen LogP contribution in [0.3, 0.4) is 0 Å². The molecule has 27 heavy (non-hydrogen) atoms. The molecule has 142 valence electrons. The molecular weight excluding hydrogens is 354 g/mol. The van der Waals surface area contributed by atoms with Gasteiger partial charge in [0.15, 0.2) is 0 Å². The lowest BCUT2D eigenvalue weighted by molar-refractivity contribution is -0.131. The van der Waals surface area contributed by atoms with Crippen molar-refractivity contribution in [2.24, 2.45) is 0 Å². The highest BCUT2D eigenvalue weighted by Crippen LogP contribution is 2.16. The Balaban J connectivity index is 1.50. The molecular formula is C20H20F2N2O3. The average Bonchev–Trinajstić information content (AvgIpc) is 2.69. The van der Waals surface area contributed by atoms with Crippen molar-refractivity contribution < 1.29 is 23.1 Å². The number of alkyl halides is 2. The summed E-state index contributed by atoms with van der Waals surface area (Å²) in [6, 6.07) is 15.1. The maximum Gasteiger partial charge on any atom is 0.387 e. The Morgan fingerprint density at radius 3 is 2.07 bits per heavy atom. The van der Waals surface area contributed by atoms with E-state index in [-0.39, 0.29) is 24.0 Å². The molecule has 0 aromatic heterocycles. The van der Waals surface area contributed by atoms with Gasteiger partial charge in [-0.2, -0.15) is 8.78 Å². The van der Waals surface area contributed by atoms with Crippen LogP contribution in [0.1, 0.15) is 15.9 Å². The number of halogens is 2. The number of piperazine rings is 1. The Hall–Kier alpha value is -2.96. The molecule has 1 fully saturated rings. The molecule has 0 radical (unpaired) electrons. The predicted octanol–water partition coefficient (Wildman–Crippen LogP) is 2.82. The largest absolute Gasteiger partial charge is 0.435 e. The van der Waals surface area contributed by atoms with Gasteiger partial charge in [-0.15, -0.1) is 0 Å². The monoisotopic (exact) mass is 374 g/mol. The maximum absolute atomic E-state index is 12.4. The normalized spacial score (nSPS) is 14.3. The molecule has 7 heteroatoms. The molecule has 2 aromatic carbocycles. The van der Waals surface area contributed by atoms with Gasteiger partial charge in [-0.1, -0.05) is 30.3 Å². The summed E-state index contributed by atoms with van der Waals surface area (Å²) in [4.78, 5) is 28.3. The average molecular weight is 374 g/mol. The molecule has 3 rings (SSSR count). The topological polar surface area (TPSA) is 49.9 Å². The number of amides is 2. The third-order valence-electron chi connectivity index (χ3n) is 4.44. The van der Waals surface area contributed by atoms with Crippen LogP contribution in [0, 0.1) is 0 Å². The van der Waals surface area contributed by atoms with Crippen LogP contribution < -0.4 is 4.74 Å². The summed E-state index contributed by atoms with van der Waals surface area (Å²) in [5, 5.41) is 0. The van der Waals surface area contributed by atoms with E-state index < -0.39 is 6.61 Å². The van der Waals surface area contributed by atoms with Crippen molar-refractivity contribution in [2.75, 3.05) is 26.2 Å². The highest BCUT2D eigenvalue weighted by Gasteiger charge is 2.24. The SMILES string of the molecule is O=C(Cc1ccc(OC(F)F)cc1)N1CCN(C(=O)c2ccccc2)CC1. The summed E-state index contributed by atoms with van der Waals surface area (Å²) in [6.07, 6.45) is 0.182. The lowest BCUT2D eigenvalue weighted by Gasteiger charge is -2.35. The standard InChI is InChI=1S/C20H20F2N2O3/c21-20(22)27-17-8-6-15(7-9-17)14-18(25)23-10-12-24(13-11-23)19(26)16-4-2-1-3-5-16/h1-9,20H,10-14H2. The first kappa shape index (κ1) is 18.8. The van der Waals surface area contributed by atoms with E-state index in [4.69, 9.17) is 0 Å². The number of nitrogens with zero attached hydrogens (tertiary/aromatic N) is 2. The highest BCUT2D eigenvalue weighted by molar-refractivity contribution is 5.94. The second kappa shape index (κ2) is 8.62. The van der Waals surface area contributed by atoms with Crippen molar-refractivity contribution in [2.45, 2.75) is 13.0 Å². The van der Waals surface area contributed by atoms with Crippen LogP contribution in [0.4, 0.5) is 8.78 Å². The summed E-state index contributed by atoms with van der Waals surface area (Å²) < 4.78 is 28.6. The minimum absolute atomic E-state index is 0.0303. The second-order valence-electron chi connectivity index (χ2n) is 6.24. The van der Waals surface area contributed by atoms with Crippen LogP contribution in [0.25, 0.3) is 0 Å². The van der Waals surface area contributed by atoms with E-state index in [0.717, 1.165) is 5.56 Å². The molecule has 5 nitrogen and oxygen atoms in total. The Kier molecular flexibility index (Phi) is 6.01. The van der Waals surface area contributed by atoms with Crippen LogP contribution in [0.15, 0.2) is 54.6 Å². The van der Waals surface area contributed by atoms with Crippen LogP contribution >= 0.6 is 0 Å². The Labute approximate surface area is 156 Å². The number of carbonyl (C=O) groups excluding carboxylic acids is 2. The summed E-state index contributed by atoms with van der Waals surface area (Å²) in [7, 11) is 0. The highest BCUT2D eigenvalue weighted by atomic mass is 19.3.